The van der Waals surface area contributed by atoms with E-state index in [-0.39, 0.29) is 0 Å². The second-order valence-corrected chi connectivity index (χ2v) is 5.74. The van der Waals surface area contributed by atoms with Gasteiger partial charge in [0.25, 0.3) is 0 Å². The van der Waals surface area contributed by atoms with Crippen molar-refractivity contribution in [2.75, 3.05) is 32.7 Å². The van der Waals surface area contributed by atoms with Crippen molar-refractivity contribution in [3.8, 4) is 0 Å². The van der Waals surface area contributed by atoms with Gasteiger partial charge in [0.15, 0.2) is 0 Å². The smallest absolute Gasteiger partial charge is 0.00223 e. The highest BCUT2D eigenvalue weighted by molar-refractivity contribution is 4.79. The maximum absolute atomic E-state index is 3.46. The topological polar surface area (TPSA) is 15.3 Å². The third-order valence-corrected chi connectivity index (χ3v) is 4.25. The standard InChI is InChI=1S/C13H26N2/c1-11(2)13-4-7-15(8-5-13)10-12-3-6-14-9-12/h11-14H,3-10H2,1-2H3. The van der Waals surface area contributed by atoms with E-state index >= 15 is 0 Å². The van der Waals surface area contributed by atoms with E-state index in [4.69, 9.17) is 0 Å². The van der Waals surface area contributed by atoms with Gasteiger partial charge in [-0.1, -0.05) is 13.8 Å². The molecular weight excluding hydrogens is 184 g/mol. The van der Waals surface area contributed by atoms with Gasteiger partial charge in [0.05, 0.1) is 0 Å². The normalized spacial score (nSPS) is 30.2. The van der Waals surface area contributed by atoms with E-state index in [0.29, 0.717) is 0 Å². The first-order valence-electron chi connectivity index (χ1n) is 6.69. The predicted molar refractivity (Wildman–Crippen MR) is 65.0 cm³/mol. The summed E-state index contributed by atoms with van der Waals surface area (Å²) in [5, 5.41) is 3.46. The number of piperidine rings is 1. The first-order valence-corrected chi connectivity index (χ1v) is 6.69. The van der Waals surface area contributed by atoms with E-state index in [1.54, 1.807) is 0 Å². The lowest BCUT2D eigenvalue weighted by atomic mass is 9.86. The first kappa shape index (κ1) is 11.4. The molecule has 1 unspecified atom stereocenters. The Labute approximate surface area is 94.4 Å². The Kier molecular flexibility index (Phi) is 4.04. The predicted octanol–water partition coefficient (Wildman–Crippen LogP) is 1.96. The van der Waals surface area contributed by atoms with Gasteiger partial charge in [-0.25, -0.2) is 0 Å². The molecule has 0 radical (unpaired) electrons. The van der Waals surface area contributed by atoms with Crippen molar-refractivity contribution in [2.24, 2.45) is 17.8 Å². The molecule has 2 nitrogen and oxygen atoms in total. The monoisotopic (exact) mass is 210 g/mol. The van der Waals surface area contributed by atoms with Crippen LogP contribution in [0.2, 0.25) is 0 Å². The van der Waals surface area contributed by atoms with Gasteiger partial charge in [-0.3, -0.25) is 0 Å². The SMILES string of the molecule is CC(C)C1CCN(CC2CCNC2)CC1. The molecule has 0 aromatic carbocycles. The van der Waals surface area contributed by atoms with Crippen molar-refractivity contribution in [3.63, 3.8) is 0 Å². The Balaban J connectivity index is 1.68. The zero-order valence-corrected chi connectivity index (χ0v) is 10.3. The van der Waals surface area contributed by atoms with Crippen LogP contribution in [-0.2, 0) is 0 Å². The van der Waals surface area contributed by atoms with E-state index < -0.39 is 0 Å². The van der Waals surface area contributed by atoms with Crippen molar-refractivity contribution >= 4 is 0 Å². The fraction of sp³-hybridized carbons (Fsp3) is 1.00. The molecule has 2 aliphatic heterocycles. The van der Waals surface area contributed by atoms with Crippen LogP contribution < -0.4 is 5.32 Å². The van der Waals surface area contributed by atoms with Gasteiger partial charge in [0, 0.05) is 6.54 Å². The number of nitrogens with one attached hydrogen (secondary N) is 1. The first-order chi connectivity index (χ1) is 7.25. The zero-order chi connectivity index (χ0) is 10.7. The van der Waals surface area contributed by atoms with Crippen LogP contribution in [0.1, 0.15) is 33.1 Å². The van der Waals surface area contributed by atoms with E-state index in [1.165, 1.54) is 52.0 Å². The quantitative estimate of drug-likeness (QED) is 0.766. The molecular formula is C13H26N2. The van der Waals surface area contributed by atoms with E-state index in [2.05, 4.69) is 24.1 Å². The number of hydrogen-bond acceptors (Lipinski definition) is 2. The van der Waals surface area contributed by atoms with Crippen LogP contribution in [0.15, 0.2) is 0 Å². The minimum absolute atomic E-state index is 0.889. The molecule has 0 saturated carbocycles. The molecule has 0 bridgehead atoms. The lowest BCUT2D eigenvalue weighted by molar-refractivity contribution is 0.142. The summed E-state index contributed by atoms with van der Waals surface area (Å²) < 4.78 is 0. The van der Waals surface area contributed by atoms with Crippen LogP contribution in [0.5, 0.6) is 0 Å². The van der Waals surface area contributed by atoms with Crippen molar-refractivity contribution in [1.82, 2.24) is 10.2 Å². The largest absolute Gasteiger partial charge is 0.316 e. The molecule has 2 rings (SSSR count). The van der Waals surface area contributed by atoms with Crippen LogP contribution >= 0.6 is 0 Å². The summed E-state index contributed by atoms with van der Waals surface area (Å²) >= 11 is 0. The van der Waals surface area contributed by atoms with Gasteiger partial charge < -0.3 is 10.2 Å². The Morgan fingerprint density at radius 1 is 1.20 bits per heavy atom. The molecule has 1 N–H and O–H groups in total. The molecule has 88 valence electrons. The lowest BCUT2D eigenvalue weighted by Gasteiger charge is -2.35. The minimum Gasteiger partial charge on any atom is -0.316 e. The molecule has 15 heavy (non-hydrogen) atoms. The molecule has 2 heterocycles. The highest BCUT2D eigenvalue weighted by Crippen LogP contribution is 2.25. The second kappa shape index (κ2) is 5.31. The molecule has 2 fully saturated rings. The zero-order valence-electron chi connectivity index (χ0n) is 10.3. The molecule has 0 aromatic heterocycles. The highest BCUT2D eigenvalue weighted by Gasteiger charge is 2.24. The summed E-state index contributed by atoms with van der Waals surface area (Å²) in [6, 6.07) is 0. The average Bonchev–Trinajstić information content (AvgIpc) is 2.71. The number of rotatable bonds is 3. The van der Waals surface area contributed by atoms with E-state index in [9.17, 15) is 0 Å². The summed E-state index contributed by atoms with van der Waals surface area (Å²) in [4.78, 5) is 2.69. The summed E-state index contributed by atoms with van der Waals surface area (Å²) in [7, 11) is 0. The van der Waals surface area contributed by atoms with Crippen LogP contribution in [0.4, 0.5) is 0 Å². The van der Waals surface area contributed by atoms with Gasteiger partial charge in [-0.05, 0) is 63.2 Å². The van der Waals surface area contributed by atoms with Crippen LogP contribution in [-0.4, -0.2) is 37.6 Å². The maximum atomic E-state index is 3.46. The molecule has 1 atom stereocenters. The van der Waals surface area contributed by atoms with Crippen molar-refractivity contribution in [1.29, 1.82) is 0 Å². The van der Waals surface area contributed by atoms with Crippen molar-refractivity contribution in [2.45, 2.75) is 33.1 Å². The van der Waals surface area contributed by atoms with E-state index in [0.717, 1.165) is 17.8 Å². The third kappa shape index (κ3) is 3.18. The fourth-order valence-corrected chi connectivity index (χ4v) is 3.04. The summed E-state index contributed by atoms with van der Waals surface area (Å²) in [5.41, 5.74) is 0. The fourth-order valence-electron chi connectivity index (χ4n) is 3.04. The lowest BCUT2D eigenvalue weighted by Crippen LogP contribution is -2.38. The Morgan fingerprint density at radius 3 is 2.47 bits per heavy atom. The average molecular weight is 210 g/mol. The number of likely N-dealkylation sites (tertiary alicyclic amines) is 1. The van der Waals surface area contributed by atoms with Crippen LogP contribution in [0, 0.1) is 17.8 Å². The molecule has 2 aliphatic rings. The minimum atomic E-state index is 0.889. The van der Waals surface area contributed by atoms with Gasteiger partial charge in [0.1, 0.15) is 0 Å². The number of nitrogens with zero attached hydrogens (tertiary/aromatic N) is 1. The van der Waals surface area contributed by atoms with Crippen LogP contribution in [0.3, 0.4) is 0 Å². The molecule has 0 aliphatic carbocycles. The third-order valence-electron chi connectivity index (χ3n) is 4.25. The molecule has 0 spiro atoms. The van der Waals surface area contributed by atoms with Gasteiger partial charge in [-0.2, -0.15) is 0 Å². The van der Waals surface area contributed by atoms with Gasteiger partial charge in [0.2, 0.25) is 0 Å². The van der Waals surface area contributed by atoms with Crippen molar-refractivity contribution in [3.05, 3.63) is 0 Å². The molecule has 2 saturated heterocycles. The molecule has 0 amide bonds. The Hall–Kier alpha value is -0.0800. The van der Waals surface area contributed by atoms with E-state index in [1.807, 2.05) is 0 Å². The summed E-state index contributed by atoms with van der Waals surface area (Å²) in [6.07, 6.45) is 4.25. The molecule has 2 heteroatoms. The number of hydrogen-bond donors (Lipinski definition) is 1. The Morgan fingerprint density at radius 2 is 1.93 bits per heavy atom. The summed E-state index contributed by atoms with van der Waals surface area (Å²) in [6.45, 7) is 11.3. The van der Waals surface area contributed by atoms with Gasteiger partial charge >= 0.3 is 0 Å². The Bertz CT molecular complexity index is 177. The van der Waals surface area contributed by atoms with Crippen LogP contribution in [0.25, 0.3) is 0 Å². The highest BCUT2D eigenvalue weighted by atomic mass is 15.1. The van der Waals surface area contributed by atoms with Crippen molar-refractivity contribution < 1.29 is 0 Å². The summed E-state index contributed by atoms with van der Waals surface area (Å²) in [5.74, 6) is 2.81. The molecule has 0 aromatic rings. The van der Waals surface area contributed by atoms with Gasteiger partial charge in [-0.15, -0.1) is 0 Å². The maximum Gasteiger partial charge on any atom is 0.00223 e. The second-order valence-electron chi connectivity index (χ2n) is 5.74.